The van der Waals surface area contributed by atoms with Crippen molar-refractivity contribution < 1.29 is 23.7 Å². The van der Waals surface area contributed by atoms with Crippen LogP contribution in [-0.4, -0.2) is 58.7 Å². The molecule has 0 radical (unpaired) electrons. The summed E-state index contributed by atoms with van der Waals surface area (Å²) in [6, 6.07) is 8.64. The highest BCUT2D eigenvalue weighted by Gasteiger charge is 2.18. The summed E-state index contributed by atoms with van der Waals surface area (Å²) in [5, 5.41) is 6.34. The van der Waals surface area contributed by atoms with Gasteiger partial charge in [-0.15, -0.1) is 0 Å². The lowest BCUT2D eigenvalue weighted by molar-refractivity contribution is 0.0977. The summed E-state index contributed by atoms with van der Waals surface area (Å²) in [5.41, 5.74) is 1.90. The Morgan fingerprint density at radius 1 is 1.06 bits per heavy atom. The largest absolute Gasteiger partial charge is 0.493 e. The van der Waals surface area contributed by atoms with Crippen LogP contribution in [0, 0.1) is 0 Å². The molecule has 1 saturated heterocycles. The van der Waals surface area contributed by atoms with Crippen LogP contribution in [0.2, 0.25) is 5.02 Å². The normalized spacial score (nSPS) is 13.4. The van der Waals surface area contributed by atoms with Gasteiger partial charge in [0.15, 0.2) is 16.6 Å². The number of benzene rings is 2. The number of methoxy groups -OCH3 is 3. The lowest BCUT2D eigenvalue weighted by Crippen LogP contribution is -2.36. The lowest BCUT2D eigenvalue weighted by atomic mass is 10.1. The van der Waals surface area contributed by atoms with E-state index < -0.39 is 5.91 Å². The Bertz CT molecular complexity index is 941. The van der Waals surface area contributed by atoms with Crippen LogP contribution < -0.4 is 29.7 Å². The topological polar surface area (TPSA) is 81.3 Å². The minimum absolute atomic E-state index is 0.133. The van der Waals surface area contributed by atoms with E-state index in [2.05, 4.69) is 15.5 Å². The van der Waals surface area contributed by atoms with Gasteiger partial charge in [0.25, 0.3) is 5.91 Å². The van der Waals surface area contributed by atoms with Crippen molar-refractivity contribution in [2.75, 3.05) is 57.8 Å². The average Bonchev–Trinajstić information content (AvgIpc) is 2.78. The standard InChI is InChI=1S/C21H24ClN3O5S/c1-27-17-10-13(11-18(28-2)19(17)29-3)20(26)24-21(31)23-14-4-5-16(15(22)12-14)25-6-8-30-9-7-25/h4-5,10-12H,6-9H2,1-3H3,(H2,23,24,26,31). The quantitative estimate of drug-likeness (QED) is 0.629. The van der Waals surface area contributed by atoms with Crippen molar-refractivity contribution >= 4 is 46.2 Å². The van der Waals surface area contributed by atoms with Gasteiger partial charge in [-0.05, 0) is 42.5 Å². The molecule has 8 nitrogen and oxygen atoms in total. The lowest BCUT2D eigenvalue weighted by Gasteiger charge is -2.29. The molecule has 166 valence electrons. The molecule has 0 bridgehead atoms. The van der Waals surface area contributed by atoms with Gasteiger partial charge in [0.1, 0.15) is 0 Å². The molecular weight excluding hydrogens is 442 g/mol. The first-order chi connectivity index (χ1) is 15.0. The molecule has 1 heterocycles. The molecule has 3 rings (SSSR count). The van der Waals surface area contributed by atoms with Crippen LogP contribution in [0.5, 0.6) is 17.2 Å². The van der Waals surface area contributed by atoms with Gasteiger partial charge in [-0.1, -0.05) is 11.6 Å². The zero-order valence-corrected chi connectivity index (χ0v) is 19.1. The van der Waals surface area contributed by atoms with Crippen molar-refractivity contribution in [3.63, 3.8) is 0 Å². The summed E-state index contributed by atoms with van der Waals surface area (Å²) < 4.78 is 21.2. The maximum absolute atomic E-state index is 12.7. The fraction of sp³-hybridized carbons (Fsp3) is 0.333. The fourth-order valence-electron chi connectivity index (χ4n) is 3.20. The summed E-state index contributed by atoms with van der Waals surface area (Å²) in [7, 11) is 4.46. The fourth-order valence-corrected chi connectivity index (χ4v) is 3.71. The Hall–Kier alpha value is -2.75. The number of rotatable bonds is 6. The Kier molecular flexibility index (Phi) is 7.78. The number of carbonyl (C=O) groups excluding carboxylic acids is 1. The number of halogens is 1. The molecule has 1 amide bonds. The third-order valence-corrected chi connectivity index (χ3v) is 5.22. The van der Waals surface area contributed by atoms with Gasteiger partial charge in [-0.2, -0.15) is 0 Å². The molecule has 2 N–H and O–H groups in total. The van der Waals surface area contributed by atoms with Crippen molar-refractivity contribution in [3.05, 3.63) is 40.9 Å². The smallest absolute Gasteiger partial charge is 0.257 e. The van der Waals surface area contributed by atoms with Crippen LogP contribution in [0.25, 0.3) is 0 Å². The number of hydrogen-bond donors (Lipinski definition) is 2. The predicted octanol–water partition coefficient (Wildman–Crippen LogP) is 3.33. The molecule has 0 unspecified atom stereocenters. The molecule has 2 aromatic carbocycles. The molecule has 1 aliphatic heterocycles. The summed E-state index contributed by atoms with van der Waals surface area (Å²) in [5.74, 6) is 0.720. The van der Waals surface area contributed by atoms with Gasteiger partial charge in [0, 0.05) is 24.3 Å². The molecule has 2 aromatic rings. The molecular formula is C21H24ClN3O5S. The van der Waals surface area contributed by atoms with Crippen LogP contribution in [-0.2, 0) is 4.74 Å². The zero-order valence-electron chi connectivity index (χ0n) is 17.5. The number of nitrogens with one attached hydrogen (secondary N) is 2. The number of morpholine rings is 1. The Balaban J connectivity index is 1.68. The van der Waals surface area contributed by atoms with Crippen molar-refractivity contribution in [2.45, 2.75) is 0 Å². The van der Waals surface area contributed by atoms with E-state index in [0.717, 1.165) is 18.8 Å². The predicted molar refractivity (Wildman–Crippen MR) is 124 cm³/mol. The number of carbonyl (C=O) groups is 1. The second-order valence-corrected chi connectivity index (χ2v) is 7.40. The minimum Gasteiger partial charge on any atom is -0.493 e. The summed E-state index contributed by atoms with van der Waals surface area (Å²) in [6.45, 7) is 2.92. The van der Waals surface area contributed by atoms with Gasteiger partial charge in [-0.3, -0.25) is 10.1 Å². The van der Waals surface area contributed by atoms with E-state index in [9.17, 15) is 4.79 Å². The summed E-state index contributed by atoms with van der Waals surface area (Å²) in [6.07, 6.45) is 0. The van der Waals surface area contributed by atoms with Crippen LogP contribution >= 0.6 is 23.8 Å². The number of hydrogen-bond acceptors (Lipinski definition) is 7. The third kappa shape index (κ3) is 5.49. The molecule has 0 spiro atoms. The molecule has 0 aliphatic carbocycles. The van der Waals surface area contributed by atoms with E-state index in [1.54, 1.807) is 18.2 Å². The minimum atomic E-state index is -0.423. The monoisotopic (exact) mass is 465 g/mol. The number of ether oxygens (including phenoxy) is 4. The van der Waals surface area contributed by atoms with Crippen LogP contribution in [0.1, 0.15) is 10.4 Å². The Morgan fingerprint density at radius 2 is 1.71 bits per heavy atom. The zero-order chi connectivity index (χ0) is 22.4. The first kappa shape index (κ1) is 22.9. The van der Waals surface area contributed by atoms with Crippen molar-refractivity contribution in [3.8, 4) is 17.2 Å². The first-order valence-electron chi connectivity index (χ1n) is 9.51. The molecule has 0 saturated carbocycles. The average molecular weight is 466 g/mol. The van der Waals surface area contributed by atoms with Crippen LogP contribution in [0.15, 0.2) is 30.3 Å². The van der Waals surface area contributed by atoms with E-state index in [0.29, 0.717) is 46.7 Å². The SMILES string of the molecule is COc1cc(C(=O)NC(=S)Nc2ccc(N3CCOCC3)c(Cl)c2)cc(OC)c1OC. The van der Waals surface area contributed by atoms with Gasteiger partial charge < -0.3 is 29.2 Å². The number of anilines is 2. The number of nitrogens with zero attached hydrogens (tertiary/aromatic N) is 1. The van der Waals surface area contributed by atoms with E-state index >= 15 is 0 Å². The van der Waals surface area contributed by atoms with Gasteiger partial charge in [-0.25, -0.2) is 0 Å². The molecule has 10 heteroatoms. The number of thiocarbonyl (C=S) groups is 1. The third-order valence-electron chi connectivity index (χ3n) is 4.71. The second-order valence-electron chi connectivity index (χ2n) is 6.59. The molecule has 1 aliphatic rings. The van der Waals surface area contributed by atoms with Gasteiger partial charge in [0.05, 0.1) is 45.3 Å². The Labute approximate surface area is 191 Å². The molecule has 31 heavy (non-hydrogen) atoms. The second kappa shape index (κ2) is 10.5. The van der Waals surface area contributed by atoms with Gasteiger partial charge >= 0.3 is 0 Å². The summed E-state index contributed by atoms with van der Waals surface area (Å²) in [4.78, 5) is 14.8. The van der Waals surface area contributed by atoms with Crippen LogP contribution in [0.3, 0.4) is 0 Å². The van der Waals surface area contributed by atoms with E-state index in [-0.39, 0.29) is 5.11 Å². The van der Waals surface area contributed by atoms with Gasteiger partial charge in [0.2, 0.25) is 5.75 Å². The molecule has 0 atom stereocenters. The van der Waals surface area contributed by atoms with Crippen molar-refractivity contribution in [2.24, 2.45) is 0 Å². The van der Waals surface area contributed by atoms with Crippen LogP contribution in [0.4, 0.5) is 11.4 Å². The highest BCUT2D eigenvalue weighted by Crippen LogP contribution is 2.38. The highest BCUT2D eigenvalue weighted by atomic mass is 35.5. The highest BCUT2D eigenvalue weighted by molar-refractivity contribution is 7.80. The summed E-state index contributed by atoms with van der Waals surface area (Å²) >= 11 is 11.7. The van der Waals surface area contributed by atoms with E-state index in [4.69, 9.17) is 42.8 Å². The van der Waals surface area contributed by atoms with E-state index in [1.807, 2.05) is 12.1 Å². The maximum Gasteiger partial charge on any atom is 0.257 e. The van der Waals surface area contributed by atoms with E-state index in [1.165, 1.54) is 21.3 Å². The molecule has 0 aromatic heterocycles. The Morgan fingerprint density at radius 3 is 2.26 bits per heavy atom. The number of amides is 1. The van der Waals surface area contributed by atoms with Crippen molar-refractivity contribution in [1.82, 2.24) is 5.32 Å². The molecule has 1 fully saturated rings. The maximum atomic E-state index is 12.7. The first-order valence-corrected chi connectivity index (χ1v) is 10.3. The van der Waals surface area contributed by atoms with Crippen molar-refractivity contribution in [1.29, 1.82) is 0 Å².